The van der Waals surface area contributed by atoms with Gasteiger partial charge in [-0.25, -0.2) is 4.79 Å². The van der Waals surface area contributed by atoms with Crippen molar-refractivity contribution in [2.24, 2.45) is 0 Å². The fourth-order valence-corrected chi connectivity index (χ4v) is 1.68. The first kappa shape index (κ1) is 15.2. The van der Waals surface area contributed by atoms with Crippen LogP contribution in [-0.4, -0.2) is 65.0 Å². The summed E-state index contributed by atoms with van der Waals surface area (Å²) in [5.74, 6) is -0.520. The van der Waals surface area contributed by atoms with Crippen LogP contribution in [0.4, 0.5) is 4.79 Å². The second-order valence-corrected chi connectivity index (χ2v) is 5.34. The predicted molar refractivity (Wildman–Crippen MR) is 66.2 cm³/mol. The van der Waals surface area contributed by atoms with Crippen LogP contribution in [0.3, 0.4) is 0 Å². The Bertz CT molecular complexity index is 369. The van der Waals surface area contributed by atoms with Crippen LogP contribution in [0.2, 0.25) is 0 Å². The number of nitro groups is 1. The van der Waals surface area contributed by atoms with E-state index in [1.165, 1.54) is 9.80 Å². The van der Waals surface area contributed by atoms with E-state index in [4.69, 9.17) is 4.74 Å². The van der Waals surface area contributed by atoms with Crippen LogP contribution in [-0.2, 0) is 9.53 Å². The van der Waals surface area contributed by atoms with Crippen molar-refractivity contribution in [1.82, 2.24) is 9.80 Å². The van der Waals surface area contributed by atoms with Crippen molar-refractivity contribution in [3.63, 3.8) is 0 Å². The van der Waals surface area contributed by atoms with Gasteiger partial charge in [-0.1, -0.05) is 0 Å². The van der Waals surface area contributed by atoms with Crippen LogP contribution in [0.25, 0.3) is 0 Å². The molecule has 1 saturated heterocycles. The van der Waals surface area contributed by atoms with Gasteiger partial charge in [-0.15, -0.1) is 0 Å². The highest BCUT2D eigenvalue weighted by Gasteiger charge is 2.28. The topological polar surface area (TPSA) is 93.0 Å². The summed E-state index contributed by atoms with van der Waals surface area (Å²) in [6, 6.07) is 0. The van der Waals surface area contributed by atoms with Gasteiger partial charge in [-0.05, 0) is 20.8 Å². The van der Waals surface area contributed by atoms with Gasteiger partial charge in [-0.2, -0.15) is 0 Å². The number of piperazine rings is 1. The lowest BCUT2D eigenvalue weighted by atomic mass is 10.2. The van der Waals surface area contributed by atoms with Crippen LogP contribution in [0.1, 0.15) is 20.8 Å². The van der Waals surface area contributed by atoms with E-state index in [0.29, 0.717) is 26.2 Å². The number of carbonyl (C=O) groups is 2. The zero-order valence-electron chi connectivity index (χ0n) is 11.4. The molecule has 0 N–H and O–H groups in total. The Balaban J connectivity index is 2.42. The Labute approximate surface area is 111 Å². The maximum absolute atomic E-state index is 11.8. The molecule has 0 saturated carbocycles. The molecule has 0 aliphatic carbocycles. The molecule has 1 heterocycles. The molecule has 0 atom stereocenters. The van der Waals surface area contributed by atoms with Gasteiger partial charge >= 0.3 is 6.09 Å². The minimum atomic E-state index is -0.702. The summed E-state index contributed by atoms with van der Waals surface area (Å²) in [7, 11) is 0. The highest BCUT2D eigenvalue weighted by molar-refractivity contribution is 5.77. The molecule has 1 fully saturated rings. The van der Waals surface area contributed by atoms with E-state index in [9.17, 15) is 19.7 Å². The molecule has 2 amide bonds. The summed E-state index contributed by atoms with van der Waals surface area (Å²) >= 11 is 0. The minimum absolute atomic E-state index is 0.298. The van der Waals surface area contributed by atoms with E-state index in [2.05, 4.69) is 0 Å². The van der Waals surface area contributed by atoms with Crippen molar-refractivity contribution in [2.75, 3.05) is 32.7 Å². The van der Waals surface area contributed by atoms with Crippen LogP contribution in [0.15, 0.2) is 0 Å². The van der Waals surface area contributed by atoms with Crippen molar-refractivity contribution in [2.45, 2.75) is 26.4 Å². The summed E-state index contributed by atoms with van der Waals surface area (Å²) < 4.78 is 5.21. The normalized spacial score (nSPS) is 16.2. The summed E-state index contributed by atoms with van der Waals surface area (Å²) in [5.41, 5.74) is -0.560. The largest absolute Gasteiger partial charge is 0.444 e. The summed E-state index contributed by atoms with van der Waals surface area (Å²) in [4.78, 5) is 35.7. The van der Waals surface area contributed by atoms with Crippen molar-refractivity contribution >= 4 is 12.0 Å². The molecule has 8 heteroatoms. The molecule has 0 unspecified atom stereocenters. The standard InChI is InChI=1S/C11H19N3O5/c1-11(2,3)19-10(16)13-6-4-12(5-7-13)9(15)8-14(17)18/h4-8H2,1-3H3. The van der Waals surface area contributed by atoms with E-state index >= 15 is 0 Å². The molecule has 0 bridgehead atoms. The molecule has 1 aliphatic rings. The molecule has 108 valence electrons. The molecule has 19 heavy (non-hydrogen) atoms. The molecule has 1 rings (SSSR count). The predicted octanol–water partition coefficient (Wildman–Crippen LogP) is 0.342. The Morgan fingerprint density at radius 2 is 1.63 bits per heavy atom. The zero-order valence-corrected chi connectivity index (χ0v) is 11.4. The molecule has 8 nitrogen and oxygen atoms in total. The number of carbonyl (C=O) groups excluding carboxylic acids is 2. The Kier molecular flexibility index (Phi) is 4.68. The number of rotatable bonds is 2. The molecule has 0 spiro atoms. The second kappa shape index (κ2) is 5.85. The third-order valence-electron chi connectivity index (χ3n) is 2.55. The van der Waals surface area contributed by atoms with Crippen LogP contribution in [0, 0.1) is 10.1 Å². The first-order valence-electron chi connectivity index (χ1n) is 6.06. The van der Waals surface area contributed by atoms with Gasteiger partial charge in [0.2, 0.25) is 0 Å². The van der Waals surface area contributed by atoms with Crippen LogP contribution < -0.4 is 0 Å². The number of hydrogen-bond donors (Lipinski definition) is 0. The van der Waals surface area contributed by atoms with Gasteiger partial charge in [0.25, 0.3) is 12.5 Å². The summed E-state index contributed by atoms with van der Waals surface area (Å²) in [6.45, 7) is 5.90. The first-order chi connectivity index (χ1) is 8.69. The average molecular weight is 273 g/mol. The van der Waals surface area contributed by atoms with E-state index in [1.54, 1.807) is 20.8 Å². The van der Waals surface area contributed by atoms with E-state index in [0.717, 1.165) is 0 Å². The first-order valence-corrected chi connectivity index (χ1v) is 6.06. The van der Waals surface area contributed by atoms with Gasteiger partial charge in [0.05, 0.1) is 0 Å². The Hall–Kier alpha value is -1.86. The molecule has 0 aromatic rings. The number of amides is 2. The van der Waals surface area contributed by atoms with E-state index in [1.807, 2.05) is 0 Å². The smallest absolute Gasteiger partial charge is 0.410 e. The van der Waals surface area contributed by atoms with Gasteiger partial charge in [0, 0.05) is 31.1 Å². The maximum atomic E-state index is 11.8. The van der Waals surface area contributed by atoms with Crippen LogP contribution >= 0.6 is 0 Å². The Morgan fingerprint density at radius 1 is 1.16 bits per heavy atom. The number of hydrogen-bond acceptors (Lipinski definition) is 5. The van der Waals surface area contributed by atoms with Crippen molar-refractivity contribution in [1.29, 1.82) is 0 Å². The van der Waals surface area contributed by atoms with E-state index < -0.39 is 29.1 Å². The minimum Gasteiger partial charge on any atom is -0.444 e. The maximum Gasteiger partial charge on any atom is 0.410 e. The molecule has 0 aromatic heterocycles. The van der Waals surface area contributed by atoms with Gasteiger partial charge in [0.15, 0.2) is 0 Å². The van der Waals surface area contributed by atoms with Gasteiger partial charge < -0.3 is 14.5 Å². The van der Waals surface area contributed by atoms with Gasteiger partial charge in [0.1, 0.15) is 5.60 Å². The van der Waals surface area contributed by atoms with Crippen molar-refractivity contribution in [3.05, 3.63) is 10.1 Å². The van der Waals surface area contributed by atoms with E-state index in [-0.39, 0.29) is 0 Å². The fraction of sp³-hybridized carbons (Fsp3) is 0.818. The number of nitrogens with zero attached hydrogens (tertiary/aromatic N) is 3. The highest BCUT2D eigenvalue weighted by Crippen LogP contribution is 2.11. The quantitative estimate of drug-likeness (QED) is 0.534. The molecule has 0 aromatic carbocycles. The lowest BCUT2D eigenvalue weighted by molar-refractivity contribution is -0.468. The molecular formula is C11H19N3O5. The number of ether oxygens (including phenoxy) is 1. The molecular weight excluding hydrogens is 254 g/mol. The summed E-state index contributed by atoms with van der Waals surface area (Å²) in [6.07, 6.45) is -0.422. The van der Waals surface area contributed by atoms with Crippen molar-refractivity contribution < 1.29 is 19.2 Å². The van der Waals surface area contributed by atoms with Crippen LogP contribution in [0.5, 0.6) is 0 Å². The Morgan fingerprint density at radius 3 is 2.05 bits per heavy atom. The molecule has 0 radical (unpaired) electrons. The average Bonchev–Trinajstić information content (AvgIpc) is 2.26. The van der Waals surface area contributed by atoms with Gasteiger partial charge in [-0.3, -0.25) is 14.9 Å². The zero-order chi connectivity index (χ0) is 14.6. The SMILES string of the molecule is CC(C)(C)OC(=O)N1CCN(C(=O)C[N+](=O)[O-])CC1. The lowest BCUT2D eigenvalue weighted by Crippen LogP contribution is -2.52. The molecule has 1 aliphatic heterocycles. The third-order valence-corrected chi connectivity index (χ3v) is 2.55. The highest BCUT2D eigenvalue weighted by atomic mass is 16.6. The second-order valence-electron chi connectivity index (χ2n) is 5.34. The summed E-state index contributed by atoms with van der Waals surface area (Å²) in [5, 5.41) is 10.3. The third kappa shape index (κ3) is 5.11. The van der Waals surface area contributed by atoms with Crippen molar-refractivity contribution in [3.8, 4) is 0 Å². The fourth-order valence-electron chi connectivity index (χ4n) is 1.68. The lowest BCUT2D eigenvalue weighted by Gasteiger charge is -2.35. The monoisotopic (exact) mass is 273 g/mol.